The lowest BCUT2D eigenvalue weighted by atomic mass is 10.0. The van der Waals surface area contributed by atoms with Crippen molar-refractivity contribution in [2.75, 3.05) is 10.2 Å². The van der Waals surface area contributed by atoms with Crippen molar-refractivity contribution in [2.24, 2.45) is 0 Å². The molecule has 1 unspecified atom stereocenters. The zero-order valence-electron chi connectivity index (χ0n) is 18.0. The quantitative estimate of drug-likeness (QED) is 0.544. The van der Waals surface area contributed by atoms with Crippen LogP contribution in [0.4, 0.5) is 11.4 Å². The Kier molecular flexibility index (Phi) is 5.80. The Bertz CT molecular complexity index is 1150. The van der Waals surface area contributed by atoms with E-state index in [4.69, 9.17) is 21.1 Å². The molecule has 4 rings (SSSR count). The van der Waals surface area contributed by atoms with Crippen molar-refractivity contribution in [3.63, 3.8) is 0 Å². The van der Waals surface area contributed by atoms with Crippen LogP contribution in [0.3, 0.4) is 0 Å². The highest BCUT2D eigenvalue weighted by atomic mass is 35.5. The largest absolute Gasteiger partial charge is 0.476 e. The molecule has 1 N–H and O–H groups in total. The third-order valence-electron chi connectivity index (χ3n) is 5.15. The zero-order chi connectivity index (χ0) is 22.9. The highest BCUT2D eigenvalue weighted by Crippen LogP contribution is 2.40. The normalized spacial score (nSPS) is 15.4. The van der Waals surface area contributed by atoms with Gasteiger partial charge in [0.2, 0.25) is 5.91 Å². The molecule has 3 aromatic carbocycles. The lowest BCUT2D eigenvalue weighted by Crippen LogP contribution is -2.57. The Morgan fingerprint density at radius 3 is 2.38 bits per heavy atom. The van der Waals surface area contributed by atoms with Gasteiger partial charge in [0.25, 0.3) is 5.91 Å². The second-order valence-corrected chi connectivity index (χ2v) is 8.44. The van der Waals surface area contributed by atoms with Crippen LogP contribution in [0.5, 0.6) is 17.2 Å². The summed E-state index contributed by atoms with van der Waals surface area (Å²) in [5, 5.41) is 3.31. The van der Waals surface area contributed by atoms with Crippen LogP contribution < -0.4 is 19.7 Å². The number of hydrogen-bond donors (Lipinski definition) is 1. The Morgan fingerprint density at radius 1 is 1.03 bits per heavy atom. The summed E-state index contributed by atoms with van der Waals surface area (Å²) < 4.78 is 11.6. The van der Waals surface area contributed by atoms with Crippen LogP contribution in [0.2, 0.25) is 5.02 Å². The number of carbonyl (C=O) groups is 2. The maximum absolute atomic E-state index is 13.1. The van der Waals surface area contributed by atoms with Gasteiger partial charge in [0.15, 0.2) is 5.60 Å². The number of carbonyl (C=O) groups excluding carboxylic acids is 2. The number of benzene rings is 3. The second kappa shape index (κ2) is 8.55. The molecule has 0 fully saturated rings. The minimum atomic E-state index is -1.11. The maximum atomic E-state index is 13.1. The number of rotatable bonds is 5. The molecule has 3 aromatic rings. The molecular weight excluding hydrogens is 428 g/mol. The van der Waals surface area contributed by atoms with Crippen LogP contribution in [0.25, 0.3) is 0 Å². The number of ether oxygens (including phenoxy) is 2. The van der Waals surface area contributed by atoms with Crippen molar-refractivity contribution < 1.29 is 19.1 Å². The van der Waals surface area contributed by atoms with Gasteiger partial charge in [0, 0.05) is 10.7 Å². The Balaban J connectivity index is 1.51. The van der Waals surface area contributed by atoms with Crippen LogP contribution in [-0.2, 0) is 9.59 Å². The molecule has 0 saturated heterocycles. The minimum absolute atomic E-state index is 0.318. The number of para-hydroxylation sites is 1. The van der Waals surface area contributed by atoms with Crippen LogP contribution in [0, 0.1) is 0 Å². The van der Waals surface area contributed by atoms with E-state index >= 15 is 0 Å². The van der Waals surface area contributed by atoms with E-state index in [1.807, 2.05) is 30.3 Å². The molecule has 0 radical (unpaired) electrons. The minimum Gasteiger partial charge on any atom is -0.476 e. The van der Waals surface area contributed by atoms with Crippen LogP contribution in [0.1, 0.15) is 20.8 Å². The number of nitrogens with zero attached hydrogens (tertiary/aromatic N) is 1. The monoisotopic (exact) mass is 450 g/mol. The topological polar surface area (TPSA) is 67.9 Å². The number of anilines is 2. The highest BCUT2D eigenvalue weighted by molar-refractivity contribution is 6.31. The predicted molar refractivity (Wildman–Crippen MR) is 125 cm³/mol. The molecule has 0 aliphatic carbocycles. The molecule has 1 aliphatic heterocycles. The van der Waals surface area contributed by atoms with Crippen molar-refractivity contribution in [3.05, 3.63) is 77.8 Å². The zero-order valence-corrected chi connectivity index (χ0v) is 18.7. The van der Waals surface area contributed by atoms with E-state index in [9.17, 15) is 9.59 Å². The number of halogens is 1. The number of fused-ring (bicyclic) bond motifs is 1. The first kappa shape index (κ1) is 21.7. The van der Waals surface area contributed by atoms with Gasteiger partial charge in [-0.25, -0.2) is 0 Å². The fourth-order valence-corrected chi connectivity index (χ4v) is 3.63. The average molecular weight is 451 g/mol. The molecule has 0 saturated carbocycles. The van der Waals surface area contributed by atoms with E-state index in [-0.39, 0.29) is 11.8 Å². The van der Waals surface area contributed by atoms with Gasteiger partial charge in [-0.2, -0.15) is 0 Å². The first-order valence-corrected chi connectivity index (χ1v) is 10.6. The third kappa shape index (κ3) is 4.41. The van der Waals surface area contributed by atoms with E-state index in [0.29, 0.717) is 27.9 Å². The van der Waals surface area contributed by atoms with Gasteiger partial charge in [0.05, 0.1) is 5.69 Å². The molecule has 0 aromatic heterocycles. The smallest absolute Gasteiger partial charge is 0.271 e. The van der Waals surface area contributed by atoms with Gasteiger partial charge in [0.1, 0.15) is 23.3 Å². The van der Waals surface area contributed by atoms with E-state index in [2.05, 4.69) is 5.32 Å². The van der Waals surface area contributed by atoms with Crippen molar-refractivity contribution in [1.29, 1.82) is 0 Å². The number of hydrogen-bond acceptors (Lipinski definition) is 4. The molecule has 1 aliphatic rings. The average Bonchev–Trinajstić information content (AvgIpc) is 2.77. The molecule has 0 bridgehead atoms. The lowest BCUT2D eigenvalue weighted by molar-refractivity contribution is -0.134. The van der Waals surface area contributed by atoms with Crippen LogP contribution >= 0.6 is 11.6 Å². The lowest BCUT2D eigenvalue weighted by Gasteiger charge is -2.41. The summed E-state index contributed by atoms with van der Waals surface area (Å²) in [6.07, 6.45) is 0. The second-order valence-electron chi connectivity index (χ2n) is 8.00. The molecule has 2 amide bonds. The summed E-state index contributed by atoms with van der Waals surface area (Å²) >= 11 is 6.14. The fraction of sp³-hybridized carbons (Fsp3) is 0.200. The molecule has 6 nitrogen and oxygen atoms in total. The van der Waals surface area contributed by atoms with Crippen LogP contribution in [0.15, 0.2) is 72.8 Å². The van der Waals surface area contributed by atoms with Gasteiger partial charge in [-0.15, -0.1) is 0 Å². The van der Waals surface area contributed by atoms with Gasteiger partial charge in [-0.3, -0.25) is 14.5 Å². The van der Waals surface area contributed by atoms with Crippen LogP contribution in [-0.4, -0.2) is 23.5 Å². The summed E-state index contributed by atoms with van der Waals surface area (Å²) in [6.45, 7) is 5.03. The fourth-order valence-electron chi connectivity index (χ4n) is 3.46. The summed E-state index contributed by atoms with van der Waals surface area (Å²) in [7, 11) is 0. The summed E-state index contributed by atoms with van der Waals surface area (Å²) in [4.78, 5) is 27.6. The van der Waals surface area contributed by atoms with Crippen molar-refractivity contribution in [3.8, 4) is 17.2 Å². The van der Waals surface area contributed by atoms with E-state index in [1.165, 1.54) is 4.90 Å². The van der Waals surface area contributed by atoms with Crippen molar-refractivity contribution >= 4 is 34.8 Å². The summed E-state index contributed by atoms with van der Waals surface area (Å²) in [5.41, 5.74) is -0.0455. The Morgan fingerprint density at radius 2 is 1.69 bits per heavy atom. The highest BCUT2D eigenvalue weighted by Gasteiger charge is 2.44. The molecule has 7 heteroatoms. The maximum Gasteiger partial charge on any atom is 0.271 e. The standard InChI is InChI=1S/C25H23ClN2O4/c1-16(28-21-15-17(26)9-14-22(21)32-25(2,3)24(28)30)23(29)27-18-10-12-20(13-11-18)31-19-7-5-4-6-8-19/h4-16H,1-3H3,(H,27,29). The van der Waals surface area contributed by atoms with Gasteiger partial charge >= 0.3 is 0 Å². The molecule has 164 valence electrons. The SMILES string of the molecule is CC(C(=O)Nc1ccc(Oc2ccccc2)cc1)N1C(=O)C(C)(C)Oc2ccc(Cl)cc21. The molecule has 1 heterocycles. The van der Waals surface area contributed by atoms with Gasteiger partial charge in [-0.1, -0.05) is 29.8 Å². The van der Waals surface area contributed by atoms with E-state index in [0.717, 1.165) is 5.75 Å². The Hall–Kier alpha value is -3.51. The van der Waals surface area contributed by atoms with Crippen molar-refractivity contribution in [1.82, 2.24) is 0 Å². The Labute approximate surface area is 191 Å². The third-order valence-corrected chi connectivity index (χ3v) is 5.38. The van der Waals surface area contributed by atoms with Gasteiger partial charge in [-0.05, 0) is 75.4 Å². The first-order chi connectivity index (χ1) is 15.2. The predicted octanol–water partition coefficient (Wildman–Crippen LogP) is 5.66. The molecule has 32 heavy (non-hydrogen) atoms. The van der Waals surface area contributed by atoms with Crippen molar-refractivity contribution in [2.45, 2.75) is 32.4 Å². The summed E-state index contributed by atoms with van der Waals surface area (Å²) in [5.74, 6) is 1.22. The molecular formula is C25H23ClN2O4. The van der Waals surface area contributed by atoms with E-state index < -0.39 is 11.6 Å². The van der Waals surface area contributed by atoms with Gasteiger partial charge < -0.3 is 14.8 Å². The first-order valence-electron chi connectivity index (χ1n) is 10.2. The van der Waals surface area contributed by atoms with E-state index in [1.54, 1.807) is 63.2 Å². The number of amides is 2. The number of nitrogens with one attached hydrogen (secondary N) is 1. The summed E-state index contributed by atoms with van der Waals surface area (Å²) in [6, 6.07) is 20.7. The molecule has 1 atom stereocenters. The molecule has 0 spiro atoms.